The number of hydrogen-bond donors (Lipinski definition) is 2. The summed E-state index contributed by atoms with van der Waals surface area (Å²) in [7, 11) is -4.77. The second-order valence-corrected chi connectivity index (χ2v) is 19.4. The molecule has 3 unspecified atom stereocenters. The summed E-state index contributed by atoms with van der Waals surface area (Å²) >= 11 is 0. The molecule has 0 aliphatic rings. The standard InChI is InChI=1S/C60H99O11P/c1-4-7-10-13-16-19-22-25-27-28-30-33-36-39-42-45-48-51-60(64)71-57(53-67-58(62)49-46-43-40-37-34-32-29-26-23-20-17-14-11-8-5-2)55-69-72(65,66)68-54-56(52-61)70-59(63)50-47-44-41-38-35-31-24-21-18-15-12-9-6-3/h7-12,16-21,25-27,29,31,35,56-57,61H,4-6,13-15,22-24,28,30,32-34,36-55H2,1-3H3,(H,65,66)/b10-7-,11-8-,12-9-,19-16-,20-17-,21-18-,27-25-,29-26-,35-31-. The lowest BCUT2D eigenvalue weighted by atomic mass is 10.1. The highest BCUT2D eigenvalue weighted by Gasteiger charge is 2.28. The van der Waals surface area contributed by atoms with E-state index in [-0.39, 0.29) is 25.9 Å². The van der Waals surface area contributed by atoms with Gasteiger partial charge < -0.3 is 24.2 Å². The predicted molar refractivity (Wildman–Crippen MR) is 297 cm³/mol. The van der Waals surface area contributed by atoms with E-state index >= 15 is 0 Å². The van der Waals surface area contributed by atoms with Gasteiger partial charge in [0.2, 0.25) is 0 Å². The molecular weight excluding hydrogens is 928 g/mol. The van der Waals surface area contributed by atoms with Crippen molar-refractivity contribution in [2.45, 2.75) is 226 Å². The molecule has 0 aliphatic heterocycles. The summed E-state index contributed by atoms with van der Waals surface area (Å²) in [5.74, 6) is -1.54. The van der Waals surface area contributed by atoms with Crippen molar-refractivity contribution in [2.75, 3.05) is 26.4 Å². The van der Waals surface area contributed by atoms with E-state index in [4.69, 9.17) is 23.3 Å². The van der Waals surface area contributed by atoms with Gasteiger partial charge in [0.25, 0.3) is 0 Å². The monoisotopic (exact) mass is 1030 g/mol. The van der Waals surface area contributed by atoms with Gasteiger partial charge in [-0.1, -0.05) is 188 Å². The number of phosphoric ester groups is 1. The first-order chi connectivity index (χ1) is 35.2. The number of aliphatic hydroxyl groups excluding tert-OH is 1. The molecule has 2 N–H and O–H groups in total. The molecular formula is C60H99O11P. The number of carbonyl (C=O) groups is 3. The summed E-state index contributed by atoms with van der Waals surface area (Å²) < 4.78 is 39.4. The highest BCUT2D eigenvalue weighted by Crippen LogP contribution is 2.43. The maximum Gasteiger partial charge on any atom is 0.472 e. The largest absolute Gasteiger partial charge is 0.472 e. The summed E-state index contributed by atoms with van der Waals surface area (Å²) in [4.78, 5) is 48.5. The van der Waals surface area contributed by atoms with E-state index in [1.54, 1.807) is 0 Å². The molecule has 0 radical (unpaired) electrons. The van der Waals surface area contributed by atoms with Gasteiger partial charge in [-0.05, 0) is 116 Å². The van der Waals surface area contributed by atoms with E-state index in [0.717, 1.165) is 148 Å². The minimum Gasteiger partial charge on any atom is -0.462 e. The van der Waals surface area contributed by atoms with Gasteiger partial charge in [-0.15, -0.1) is 0 Å². The van der Waals surface area contributed by atoms with Crippen molar-refractivity contribution in [1.82, 2.24) is 0 Å². The minimum absolute atomic E-state index is 0.135. The number of aliphatic hydroxyl groups is 1. The van der Waals surface area contributed by atoms with Crippen molar-refractivity contribution < 1.29 is 52.2 Å². The highest BCUT2D eigenvalue weighted by atomic mass is 31.2. The lowest BCUT2D eigenvalue weighted by Crippen LogP contribution is -2.30. The molecule has 0 aromatic carbocycles. The van der Waals surface area contributed by atoms with Gasteiger partial charge in [0.15, 0.2) is 6.10 Å². The Morgan fingerprint density at radius 3 is 1.06 bits per heavy atom. The lowest BCUT2D eigenvalue weighted by Gasteiger charge is -2.21. The average molecular weight is 1030 g/mol. The molecule has 0 aliphatic carbocycles. The first kappa shape index (κ1) is 68.1. The predicted octanol–water partition coefficient (Wildman–Crippen LogP) is 16.2. The van der Waals surface area contributed by atoms with E-state index in [0.29, 0.717) is 19.3 Å². The van der Waals surface area contributed by atoms with Crippen LogP contribution in [0.1, 0.15) is 213 Å². The molecule has 12 heteroatoms. The third-order valence-corrected chi connectivity index (χ3v) is 12.1. The van der Waals surface area contributed by atoms with Crippen LogP contribution in [0.4, 0.5) is 0 Å². The molecule has 0 aromatic rings. The van der Waals surface area contributed by atoms with Gasteiger partial charge in [-0.3, -0.25) is 23.4 Å². The number of ether oxygens (including phenoxy) is 3. The fraction of sp³-hybridized carbons (Fsp3) is 0.650. The first-order valence-electron chi connectivity index (χ1n) is 27.8. The number of rotatable bonds is 50. The second kappa shape index (κ2) is 53.4. The van der Waals surface area contributed by atoms with E-state index in [1.165, 1.54) is 6.42 Å². The maximum atomic E-state index is 12.9. The first-order valence-corrected chi connectivity index (χ1v) is 29.3. The maximum absolute atomic E-state index is 12.9. The van der Waals surface area contributed by atoms with Crippen molar-refractivity contribution in [3.63, 3.8) is 0 Å². The van der Waals surface area contributed by atoms with Crippen LogP contribution < -0.4 is 0 Å². The lowest BCUT2D eigenvalue weighted by molar-refractivity contribution is -0.161. The number of hydrogen-bond acceptors (Lipinski definition) is 10. The van der Waals surface area contributed by atoms with Crippen LogP contribution in [0, 0.1) is 0 Å². The molecule has 72 heavy (non-hydrogen) atoms. The van der Waals surface area contributed by atoms with Crippen LogP contribution in [0.5, 0.6) is 0 Å². The summed E-state index contributed by atoms with van der Waals surface area (Å²) in [6, 6.07) is 0. The smallest absolute Gasteiger partial charge is 0.462 e. The number of esters is 3. The molecule has 11 nitrogen and oxygen atoms in total. The van der Waals surface area contributed by atoms with Crippen LogP contribution >= 0.6 is 7.82 Å². The van der Waals surface area contributed by atoms with Crippen molar-refractivity contribution >= 4 is 25.7 Å². The molecule has 0 fully saturated rings. The molecule has 3 atom stereocenters. The zero-order chi connectivity index (χ0) is 52.7. The summed E-state index contributed by atoms with van der Waals surface area (Å²) in [6.45, 7) is 4.22. The molecule has 0 saturated heterocycles. The summed E-state index contributed by atoms with van der Waals surface area (Å²) in [5, 5.41) is 9.79. The Morgan fingerprint density at radius 2 is 0.681 bits per heavy atom. The molecule has 0 heterocycles. The van der Waals surface area contributed by atoms with Gasteiger partial charge in [-0.2, -0.15) is 0 Å². The van der Waals surface area contributed by atoms with Crippen molar-refractivity contribution in [3.8, 4) is 0 Å². The van der Waals surface area contributed by atoms with Crippen LogP contribution in [0.3, 0.4) is 0 Å². The molecule has 0 aromatic heterocycles. The molecule has 0 rings (SSSR count). The Hall–Kier alpha value is -3.86. The fourth-order valence-corrected chi connectivity index (χ4v) is 7.83. The molecule has 410 valence electrons. The van der Waals surface area contributed by atoms with E-state index < -0.39 is 57.8 Å². The van der Waals surface area contributed by atoms with Crippen LogP contribution in [0.2, 0.25) is 0 Å². The quantitative estimate of drug-likeness (QED) is 0.0197. The van der Waals surface area contributed by atoms with Crippen molar-refractivity contribution in [2.24, 2.45) is 0 Å². The van der Waals surface area contributed by atoms with Gasteiger partial charge in [0.05, 0.1) is 19.8 Å². The number of carbonyl (C=O) groups excluding carboxylic acids is 3. The van der Waals surface area contributed by atoms with E-state index in [9.17, 15) is 28.9 Å². The van der Waals surface area contributed by atoms with E-state index in [2.05, 4.69) is 130 Å². The topological polar surface area (TPSA) is 155 Å². The molecule has 0 bridgehead atoms. The number of phosphoric acid groups is 1. The van der Waals surface area contributed by atoms with Gasteiger partial charge >= 0.3 is 25.7 Å². The third kappa shape index (κ3) is 51.1. The number of allylic oxidation sites excluding steroid dienone is 18. The Balaban J connectivity index is 4.81. The van der Waals surface area contributed by atoms with Crippen LogP contribution in [-0.2, 0) is 42.2 Å². The Morgan fingerprint density at radius 1 is 0.389 bits per heavy atom. The van der Waals surface area contributed by atoms with Crippen LogP contribution in [-0.4, -0.2) is 66.5 Å². The van der Waals surface area contributed by atoms with Crippen LogP contribution in [0.25, 0.3) is 0 Å². The molecule has 0 saturated carbocycles. The molecule has 0 spiro atoms. The van der Waals surface area contributed by atoms with Crippen LogP contribution in [0.15, 0.2) is 109 Å². The zero-order valence-electron chi connectivity index (χ0n) is 45.1. The van der Waals surface area contributed by atoms with Gasteiger partial charge in [0.1, 0.15) is 12.7 Å². The summed E-state index contributed by atoms with van der Waals surface area (Å²) in [6.07, 6.45) is 63.4. The van der Waals surface area contributed by atoms with Crippen molar-refractivity contribution in [3.05, 3.63) is 109 Å². The molecule has 0 amide bonds. The minimum atomic E-state index is -4.77. The van der Waals surface area contributed by atoms with E-state index in [1.807, 2.05) is 0 Å². The SMILES string of the molecule is CC/C=C\C/C=C\C/C=C\CCCCCCCCCC(=O)OC(COC(=O)CCCCCCC/C=C\C/C=C\C/C=C\CC)COP(=O)(O)OCC(CO)OC(=O)CCCCC/C=C\C/C=C\C/C=C\CC. The highest BCUT2D eigenvalue weighted by molar-refractivity contribution is 7.47. The zero-order valence-corrected chi connectivity index (χ0v) is 46.0. The Bertz CT molecular complexity index is 1620. The van der Waals surface area contributed by atoms with Gasteiger partial charge in [-0.25, -0.2) is 4.57 Å². The van der Waals surface area contributed by atoms with Crippen molar-refractivity contribution in [1.29, 1.82) is 0 Å². The average Bonchev–Trinajstić information content (AvgIpc) is 3.37. The summed E-state index contributed by atoms with van der Waals surface area (Å²) in [5.41, 5.74) is 0. The number of unbranched alkanes of at least 4 members (excludes halogenated alkanes) is 15. The Kier molecular flexibility index (Phi) is 50.6. The van der Waals surface area contributed by atoms with Gasteiger partial charge in [0, 0.05) is 19.3 Å². The normalized spacial score (nSPS) is 14.2. The fourth-order valence-electron chi connectivity index (χ4n) is 7.04. The third-order valence-electron chi connectivity index (χ3n) is 11.2. The Labute approximate surface area is 437 Å². The second-order valence-electron chi connectivity index (χ2n) is 18.0.